The molecule has 1 aromatic heterocycles. The first-order chi connectivity index (χ1) is 9.53. The van der Waals surface area contributed by atoms with Crippen LogP contribution in [-0.2, 0) is 6.54 Å². The van der Waals surface area contributed by atoms with E-state index in [0.717, 1.165) is 12.6 Å². The van der Waals surface area contributed by atoms with Crippen molar-refractivity contribution in [2.75, 3.05) is 11.9 Å². The van der Waals surface area contributed by atoms with Gasteiger partial charge in [-0.05, 0) is 43.9 Å². The summed E-state index contributed by atoms with van der Waals surface area (Å²) in [6.45, 7) is 5.73. The zero-order valence-electron chi connectivity index (χ0n) is 13.0. The van der Waals surface area contributed by atoms with Gasteiger partial charge in [-0.1, -0.05) is 13.8 Å². The molecule has 2 fully saturated rings. The van der Waals surface area contributed by atoms with Gasteiger partial charge in [0.25, 0.3) is 0 Å². The smallest absolute Gasteiger partial charge is 0.185 e. The van der Waals surface area contributed by atoms with Crippen LogP contribution in [0.1, 0.15) is 58.1 Å². The predicted octanol–water partition coefficient (Wildman–Crippen LogP) is 3.80. The van der Waals surface area contributed by atoms with Gasteiger partial charge >= 0.3 is 0 Å². The summed E-state index contributed by atoms with van der Waals surface area (Å²) in [5, 5.41) is 6.95. The lowest BCUT2D eigenvalue weighted by Crippen LogP contribution is -2.37. The third-order valence-electron chi connectivity index (χ3n) is 4.85. The molecule has 4 heteroatoms. The molecule has 0 atom stereocenters. The molecule has 0 spiro atoms. The number of thiazole rings is 1. The van der Waals surface area contributed by atoms with E-state index in [1.54, 1.807) is 11.3 Å². The molecule has 112 valence electrons. The lowest BCUT2D eigenvalue weighted by molar-refractivity contribution is 0.222. The number of aromatic nitrogens is 1. The molecule has 2 saturated carbocycles. The number of rotatable bonds is 5. The van der Waals surface area contributed by atoms with Crippen LogP contribution in [-0.4, -0.2) is 24.1 Å². The van der Waals surface area contributed by atoms with Crippen LogP contribution >= 0.6 is 11.3 Å². The summed E-state index contributed by atoms with van der Waals surface area (Å²) in [7, 11) is 2.22. The van der Waals surface area contributed by atoms with Crippen LogP contribution < -0.4 is 10.2 Å². The number of anilines is 1. The quantitative estimate of drug-likeness (QED) is 0.895. The van der Waals surface area contributed by atoms with Crippen LogP contribution in [0, 0.1) is 5.41 Å². The van der Waals surface area contributed by atoms with E-state index in [1.165, 1.54) is 49.4 Å². The SMILES string of the molecule is CN(c1nc(CNC2CC2)cs1)C1CCC(C)(C)CC1. The van der Waals surface area contributed by atoms with E-state index >= 15 is 0 Å². The molecule has 20 heavy (non-hydrogen) atoms. The molecule has 0 aliphatic heterocycles. The first kappa shape index (κ1) is 14.3. The Morgan fingerprint density at radius 2 is 2.00 bits per heavy atom. The second kappa shape index (κ2) is 5.64. The van der Waals surface area contributed by atoms with Crippen molar-refractivity contribution in [1.29, 1.82) is 0 Å². The number of hydrogen-bond donors (Lipinski definition) is 1. The van der Waals surface area contributed by atoms with Gasteiger partial charge in [0, 0.05) is 31.1 Å². The second-order valence-corrected chi connectivity index (χ2v) is 8.12. The van der Waals surface area contributed by atoms with Crippen LogP contribution in [0.3, 0.4) is 0 Å². The molecule has 2 aliphatic rings. The van der Waals surface area contributed by atoms with E-state index in [2.05, 4.69) is 36.5 Å². The van der Waals surface area contributed by atoms with Gasteiger partial charge in [0.05, 0.1) is 5.69 Å². The molecule has 1 heterocycles. The summed E-state index contributed by atoms with van der Waals surface area (Å²) in [6, 6.07) is 1.44. The Labute approximate surface area is 126 Å². The van der Waals surface area contributed by atoms with Gasteiger partial charge in [0.15, 0.2) is 5.13 Å². The fourth-order valence-electron chi connectivity index (χ4n) is 3.00. The van der Waals surface area contributed by atoms with Crippen LogP contribution in [0.4, 0.5) is 5.13 Å². The van der Waals surface area contributed by atoms with Crippen molar-refractivity contribution >= 4 is 16.5 Å². The first-order valence-corrected chi connectivity index (χ1v) is 8.82. The molecule has 1 N–H and O–H groups in total. The maximum Gasteiger partial charge on any atom is 0.185 e. The second-order valence-electron chi connectivity index (χ2n) is 7.28. The Hall–Kier alpha value is -0.610. The molecule has 0 aromatic carbocycles. The van der Waals surface area contributed by atoms with Gasteiger partial charge < -0.3 is 10.2 Å². The topological polar surface area (TPSA) is 28.2 Å². The van der Waals surface area contributed by atoms with Crippen molar-refractivity contribution in [2.24, 2.45) is 5.41 Å². The summed E-state index contributed by atoms with van der Waals surface area (Å²) < 4.78 is 0. The Morgan fingerprint density at radius 1 is 1.30 bits per heavy atom. The van der Waals surface area contributed by atoms with E-state index in [9.17, 15) is 0 Å². The van der Waals surface area contributed by atoms with Gasteiger partial charge in [-0.3, -0.25) is 0 Å². The van der Waals surface area contributed by atoms with Gasteiger partial charge in [-0.25, -0.2) is 4.98 Å². The van der Waals surface area contributed by atoms with E-state index in [0.29, 0.717) is 11.5 Å². The van der Waals surface area contributed by atoms with Crippen molar-refractivity contribution in [3.63, 3.8) is 0 Å². The maximum absolute atomic E-state index is 4.80. The van der Waals surface area contributed by atoms with E-state index in [4.69, 9.17) is 4.98 Å². The average molecular weight is 293 g/mol. The highest BCUT2D eigenvalue weighted by Gasteiger charge is 2.29. The summed E-state index contributed by atoms with van der Waals surface area (Å²) in [4.78, 5) is 7.22. The Morgan fingerprint density at radius 3 is 2.65 bits per heavy atom. The van der Waals surface area contributed by atoms with Crippen molar-refractivity contribution < 1.29 is 0 Å². The largest absolute Gasteiger partial charge is 0.348 e. The fourth-order valence-corrected chi connectivity index (χ4v) is 3.87. The normalized spacial score (nSPS) is 22.9. The van der Waals surface area contributed by atoms with Crippen molar-refractivity contribution in [1.82, 2.24) is 10.3 Å². The Balaban J connectivity index is 1.55. The Kier molecular flexibility index (Phi) is 4.04. The number of nitrogens with zero attached hydrogens (tertiary/aromatic N) is 2. The minimum absolute atomic E-state index is 0.541. The van der Waals surface area contributed by atoms with E-state index in [1.807, 2.05) is 0 Å². The monoisotopic (exact) mass is 293 g/mol. The highest BCUT2D eigenvalue weighted by molar-refractivity contribution is 7.13. The van der Waals surface area contributed by atoms with Crippen LogP contribution in [0.5, 0.6) is 0 Å². The lowest BCUT2D eigenvalue weighted by Gasteiger charge is -2.38. The van der Waals surface area contributed by atoms with E-state index in [-0.39, 0.29) is 0 Å². The molecule has 0 bridgehead atoms. The summed E-state index contributed by atoms with van der Waals surface area (Å²) in [5.74, 6) is 0. The van der Waals surface area contributed by atoms with Crippen molar-refractivity contribution in [3.05, 3.63) is 11.1 Å². The molecule has 2 aliphatic carbocycles. The van der Waals surface area contributed by atoms with Crippen LogP contribution in [0.25, 0.3) is 0 Å². The van der Waals surface area contributed by atoms with Crippen LogP contribution in [0.15, 0.2) is 5.38 Å². The zero-order chi connectivity index (χ0) is 14.2. The molecule has 0 unspecified atom stereocenters. The van der Waals surface area contributed by atoms with Crippen LogP contribution in [0.2, 0.25) is 0 Å². The number of nitrogens with one attached hydrogen (secondary N) is 1. The molecule has 1 aromatic rings. The average Bonchev–Trinajstić information content (AvgIpc) is 3.13. The minimum Gasteiger partial charge on any atom is -0.348 e. The third kappa shape index (κ3) is 3.53. The molecule has 3 nitrogen and oxygen atoms in total. The maximum atomic E-state index is 4.80. The number of hydrogen-bond acceptors (Lipinski definition) is 4. The Bertz CT molecular complexity index is 440. The molecular formula is C16H27N3S. The lowest BCUT2D eigenvalue weighted by atomic mass is 9.75. The predicted molar refractivity (Wildman–Crippen MR) is 86.4 cm³/mol. The molecular weight excluding hydrogens is 266 g/mol. The molecule has 0 radical (unpaired) electrons. The molecule has 3 rings (SSSR count). The highest BCUT2D eigenvalue weighted by Crippen LogP contribution is 2.38. The molecule has 0 amide bonds. The summed E-state index contributed by atoms with van der Waals surface area (Å²) in [6.07, 6.45) is 7.97. The molecule has 0 saturated heterocycles. The van der Waals surface area contributed by atoms with E-state index < -0.39 is 0 Å². The third-order valence-corrected chi connectivity index (χ3v) is 5.83. The first-order valence-electron chi connectivity index (χ1n) is 7.94. The zero-order valence-corrected chi connectivity index (χ0v) is 13.8. The fraction of sp³-hybridized carbons (Fsp3) is 0.812. The van der Waals surface area contributed by atoms with Gasteiger partial charge in [0.2, 0.25) is 0 Å². The van der Waals surface area contributed by atoms with Crippen molar-refractivity contribution in [3.8, 4) is 0 Å². The summed E-state index contributed by atoms with van der Waals surface area (Å²) >= 11 is 1.80. The standard InChI is InChI=1S/C16H27N3S/c1-16(2)8-6-14(7-9-16)19(3)15-18-13(11-20-15)10-17-12-4-5-12/h11-12,14,17H,4-10H2,1-3H3. The summed E-state index contributed by atoms with van der Waals surface area (Å²) in [5.41, 5.74) is 1.75. The van der Waals surface area contributed by atoms with Crippen molar-refractivity contribution in [2.45, 2.75) is 71.0 Å². The van der Waals surface area contributed by atoms with Gasteiger partial charge in [0.1, 0.15) is 0 Å². The van der Waals surface area contributed by atoms with Gasteiger partial charge in [-0.15, -0.1) is 11.3 Å². The van der Waals surface area contributed by atoms with Gasteiger partial charge in [-0.2, -0.15) is 0 Å². The highest BCUT2D eigenvalue weighted by atomic mass is 32.1. The minimum atomic E-state index is 0.541.